The van der Waals surface area contributed by atoms with Gasteiger partial charge in [-0.05, 0) is 74.0 Å². The van der Waals surface area contributed by atoms with Crippen LogP contribution in [0.1, 0.15) is 29.5 Å². The van der Waals surface area contributed by atoms with Gasteiger partial charge in [-0.15, -0.1) is 0 Å². The van der Waals surface area contributed by atoms with Crippen LogP contribution >= 0.6 is 0 Å². The molecule has 0 aliphatic heterocycles. The maximum absolute atomic E-state index is 8.41. The van der Waals surface area contributed by atoms with Crippen molar-refractivity contribution in [3.63, 3.8) is 0 Å². The van der Waals surface area contributed by atoms with Crippen molar-refractivity contribution in [2.75, 3.05) is 0 Å². The SMILES string of the molecule is [2H]c1c([2H])c([2H])c(-c2ccc(C(c3ccccc3)c3ccc4cc(-c5ccc6oc7ccccc7c6c5)ccc4c3)cc2)c([2H])c1[2H]. The molecule has 0 spiro atoms. The Morgan fingerprint density at radius 2 is 1.05 bits per heavy atom. The van der Waals surface area contributed by atoms with Crippen LogP contribution in [0.25, 0.3) is 55.0 Å². The van der Waals surface area contributed by atoms with Crippen molar-refractivity contribution in [1.29, 1.82) is 0 Å². The highest BCUT2D eigenvalue weighted by atomic mass is 16.3. The van der Waals surface area contributed by atoms with Crippen molar-refractivity contribution in [1.82, 2.24) is 0 Å². The number of furan rings is 1. The fraction of sp³-hybridized carbons (Fsp3) is 0.0244. The van der Waals surface area contributed by atoms with E-state index in [0.29, 0.717) is 5.56 Å². The van der Waals surface area contributed by atoms with Crippen LogP contribution < -0.4 is 0 Å². The van der Waals surface area contributed by atoms with Gasteiger partial charge in [-0.1, -0.05) is 139 Å². The Morgan fingerprint density at radius 3 is 1.90 bits per heavy atom. The first-order valence-corrected chi connectivity index (χ1v) is 14.0. The fourth-order valence-electron chi connectivity index (χ4n) is 5.99. The smallest absolute Gasteiger partial charge is 0.135 e. The van der Waals surface area contributed by atoms with Gasteiger partial charge in [-0.25, -0.2) is 0 Å². The summed E-state index contributed by atoms with van der Waals surface area (Å²) in [6.07, 6.45) is 0. The molecule has 0 saturated heterocycles. The van der Waals surface area contributed by atoms with E-state index in [1.165, 1.54) is 0 Å². The number of benzene rings is 7. The maximum Gasteiger partial charge on any atom is 0.135 e. The molecule has 0 amide bonds. The summed E-state index contributed by atoms with van der Waals surface area (Å²) in [7, 11) is 0. The number of hydrogen-bond donors (Lipinski definition) is 0. The molecular formula is C41H28O. The van der Waals surface area contributed by atoms with Crippen molar-refractivity contribution < 1.29 is 11.3 Å². The van der Waals surface area contributed by atoms with E-state index in [1.54, 1.807) is 0 Å². The van der Waals surface area contributed by atoms with Gasteiger partial charge in [0.2, 0.25) is 0 Å². The van der Waals surface area contributed by atoms with Gasteiger partial charge < -0.3 is 4.42 Å². The molecular weight excluding hydrogens is 508 g/mol. The summed E-state index contributed by atoms with van der Waals surface area (Å²) in [6, 6.07) is 44.2. The quantitative estimate of drug-likeness (QED) is 0.198. The number of para-hydroxylation sites is 1. The van der Waals surface area contributed by atoms with Gasteiger partial charge in [0, 0.05) is 16.7 Å². The summed E-state index contributed by atoms with van der Waals surface area (Å²) >= 11 is 0. The molecule has 0 N–H and O–H groups in total. The first kappa shape index (κ1) is 19.6. The normalized spacial score (nSPS) is 13.9. The number of hydrogen-bond acceptors (Lipinski definition) is 1. The molecule has 0 saturated carbocycles. The van der Waals surface area contributed by atoms with E-state index in [4.69, 9.17) is 11.3 Å². The van der Waals surface area contributed by atoms with Crippen LogP contribution in [0.4, 0.5) is 0 Å². The molecule has 8 aromatic rings. The Kier molecular flexibility index (Phi) is 4.78. The lowest BCUT2D eigenvalue weighted by atomic mass is 9.83. The highest BCUT2D eigenvalue weighted by molar-refractivity contribution is 6.06. The van der Waals surface area contributed by atoms with Crippen LogP contribution in [0.5, 0.6) is 0 Å². The Labute approximate surface area is 252 Å². The zero-order valence-electron chi connectivity index (χ0n) is 27.7. The van der Waals surface area contributed by atoms with Gasteiger partial charge in [0.15, 0.2) is 0 Å². The lowest BCUT2D eigenvalue weighted by molar-refractivity contribution is 0.669. The molecule has 0 aliphatic carbocycles. The number of fused-ring (bicyclic) bond motifs is 4. The molecule has 0 fully saturated rings. The average molecular weight is 542 g/mol. The third-order valence-corrected chi connectivity index (χ3v) is 8.07. The van der Waals surface area contributed by atoms with Gasteiger partial charge >= 0.3 is 0 Å². The van der Waals surface area contributed by atoms with Crippen LogP contribution in [-0.4, -0.2) is 0 Å². The molecule has 1 nitrogen and oxygen atoms in total. The molecule has 1 heterocycles. The van der Waals surface area contributed by atoms with Crippen LogP contribution in [0.15, 0.2) is 168 Å². The fourth-order valence-corrected chi connectivity index (χ4v) is 5.99. The van der Waals surface area contributed by atoms with Gasteiger partial charge in [0.25, 0.3) is 0 Å². The lowest BCUT2D eigenvalue weighted by Crippen LogP contribution is -2.03. The second-order valence-corrected chi connectivity index (χ2v) is 10.6. The largest absolute Gasteiger partial charge is 0.456 e. The minimum absolute atomic E-state index is 0.0638. The molecule has 8 rings (SSSR count). The molecule has 7 aromatic carbocycles. The Morgan fingerprint density at radius 1 is 0.429 bits per heavy atom. The van der Waals surface area contributed by atoms with E-state index in [2.05, 4.69) is 66.7 Å². The molecule has 0 radical (unpaired) electrons. The topological polar surface area (TPSA) is 13.1 Å². The van der Waals surface area contributed by atoms with Gasteiger partial charge in [-0.3, -0.25) is 0 Å². The second kappa shape index (κ2) is 10.2. The van der Waals surface area contributed by atoms with Crippen molar-refractivity contribution in [2.45, 2.75) is 5.92 Å². The second-order valence-electron chi connectivity index (χ2n) is 10.6. The third-order valence-electron chi connectivity index (χ3n) is 8.07. The monoisotopic (exact) mass is 541 g/mol. The van der Waals surface area contributed by atoms with Gasteiger partial charge in [0.05, 0.1) is 6.85 Å². The van der Waals surface area contributed by atoms with Crippen molar-refractivity contribution in [3.8, 4) is 22.3 Å². The highest BCUT2D eigenvalue weighted by Gasteiger charge is 2.18. The predicted molar refractivity (Wildman–Crippen MR) is 176 cm³/mol. The summed E-state index contributed by atoms with van der Waals surface area (Å²) in [5.74, 6) is -0.0638. The van der Waals surface area contributed by atoms with E-state index >= 15 is 0 Å². The Balaban J connectivity index is 1.18. The molecule has 1 unspecified atom stereocenters. The first-order valence-electron chi connectivity index (χ1n) is 16.5. The van der Waals surface area contributed by atoms with E-state index in [-0.39, 0.29) is 41.7 Å². The third kappa shape index (κ3) is 4.36. The molecule has 1 heteroatoms. The molecule has 1 atom stereocenters. The molecule has 1 aromatic heterocycles. The predicted octanol–water partition coefficient (Wildman–Crippen LogP) is 11.3. The van der Waals surface area contributed by atoms with E-state index < -0.39 is 0 Å². The van der Waals surface area contributed by atoms with E-state index in [0.717, 1.165) is 60.5 Å². The van der Waals surface area contributed by atoms with Crippen LogP contribution in [-0.2, 0) is 0 Å². The van der Waals surface area contributed by atoms with E-state index in [9.17, 15) is 0 Å². The molecule has 42 heavy (non-hydrogen) atoms. The van der Waals surface area contributed by atoms with Crippen molar-refractivity contribution in [2.24, 2.45) is 0 Å². The van der Waals surface area contributed by atoms with Gasteiger partial charge in [-0.2, -0.15) is 0 Å². The van der Waals surface area contributed by atoms with Crippen LogP contribution in [0.3, 0.4) is 0 Å². The van der Waals surface area contributed by atoms with Crippen LogP contribution in [0.2, 0.25) is 0 Å². The summed E-state index contributed by atoms with van der Waals surface area (Å²) in [5.41, 5.74) is 8.17. The summed E-state index contributed by atoms with van der Waals surface area (Å²) in [4.78, 5) is 0. The van der Waals surface area contributed by atoms with Gasteiger partial charge in [0.1, 0.15) is 11.2 Å². The molecule has 0 aliphatic rings. The van der Waals surface area contributed by atoms with Crippen LogP contribution in [0, 0.1) is 0 Å². The molecule has 198 valence electrons. The van der Waals surface area contributed by atoms with Crippen molar-refractivity contribution >= 4 is 32.7 Å². The van der Waals surface area contributed by atoms with E-state index in [1.807, 2.05) is 66.7 Å². The first-order chi connectivity index (χ1) is 22.9. The summed E-state index contributed by atoms with van der Waals surface area (Å²) in [6.45, 7) is 0. The maximum atomic E-state index is 8.41. The minimum atomic E-state index is -0.388. The highest BCUT2D eigenvalue weighted by Crippen LogP contribution is 2.37. The minimum Gasteiger partial charge on any atom is -0.456 e. The average Bonchev–Trinajstić information content (AvgIpc) is 3.49. The Bertz CT molecular complexity index is 2440. The summed E-state index contributed by atoms with van der Waals surface area (Å²) < 4.78 is 47.0. The zero-order valence-corrected chi connectivity index (χ0v) is 22.7. The standard InChI is InChI=1S/C41H28O/c1-3-9-28(10-4-1)29-15-17-31(18-16-29)41(30-11-5-2-6-12-30)36-22-21-32-25-33(19-20-34(32)26-36)35-23-24-40-38(27-35)37-13-7-8-14-39(37)42-40/h1-27,41H/i1D,3D,4D,9D,10D. The molecule has 0 bridgehead atoms. The lowest BCUT2D eigenvalue weighted by Gasteiger charge is -2.20. The summed E-state index contributed by atoms with van der Waals surface area (Å²) in [5, 5.41) is 4.50. The number of rotatable bonds is 5. The van der Waals surface area contributed by atoms with Crippen molar-refractivity contribution in [3.05, 3.63) is 180 Å². The Hall–Kier alpha value is -5.40. The zero-order chi connectivity index (χ0) is 32.2.